The molecule has 2 rings (SSSR count). The molecule has 0 fully saturated rings. The predicted molar refractivity (Wildman–Crippen MR) is 74.7 cm³/mol. The fourth-order valence-corrected chi connectivity index (χ4v) is 2.69. The van der Waals surface area contributed by atoms with E-state index in [1.807, 2.05) is 26.0 Å². The van der Waals surface area contributed by atoms with E-state index < -0.39 is 6.10 Å². The number of ketones is 1. The van der Waals surface area contributed by atoms with E-state index in [0.29, 0.717) is 17.9 Å². The van der Waals surface area contributed by atoms with Crippen LogP contribution in [0.4, 0.5) is 0 Å². The Labute approximate surface area is 114 Å². The lowest BCUT2D eigenvalue weighted by molar-refractivity contribution is 0.0583. The first-order chi connectivity index (χ1) is 9.19. The van der Waals surface area contributed by atoms with Crippen LogP contribution >= 0.6 is 0 Å². The number of fused-ring (bicyclic) bond motifs is 1. The third kappa shape index (κ3) is 2.81. The van der Waals surface area contributed by atoms with Gasteiger partial charge in [-0.25, -0.2) is 0 Å². The lowest BCUT2D eigenvalue weighted by atomic mass is 9.89. The SMILES string of the molecule is CCC(CC)C(O)C(=O)c1cccc2c1OCCC2. The molecule has 1 atom stereocenters. The van der Waals surface area contributed by atoms with Gasteiger partial charge in [-0.05, 0) is 30.4 Å². The molecule has 1 aliphatic rings. The van der Waals surface area contributed by atoms with Gasteiger partial charge in [-0.15, -0.1) is 0 Å². The van der Waals surface area contributed by atoms with Crippen LogP contribution in [0.3, 0.4) is 0 Å². The number of benzene rings is 1. The maximum absolute atomic E-state index is 12.4. The summed E-state index contributed by atoms with van der Waals surface area (Å²) >= 11 is 0. The molecule has 0 aliphatic carbocycles. The molecule has 104 valence electrons. The molecule has 0 spiro atoms. The topological polar surface area (TPSA) is 46.5 Å². The van der Waals surface area contributed by atoms with E-state index >= 15 is 0 Å². The Balaban J connectivity index is 2.29. The molecule has 0 bridgehead atoms. The minimum absolute atomic E-state index is 0.0203. The molecule has 0 saturated heterocycles. The summed E-state index contributed by atoms with van der Waals surface area (Å²) in [6.45, 7) is 4.65. The summed E-state index contributed by atoms with van der Waals surface area (Å²) in [4.78, 5) is 12.4. The number of rotatable bonds is 5. The summed E-state index contributed by atoms with van der Waals surface area (Å²) in [5.41, 5.74) is 1.62. The molecule has 0 aromatic heterocycles. The van der Waals surface area contributed by atoms with Gasteiger partial charge >= 0.3 is 0 Å². The summed E-state index contributed by atoms with van der Waals surface area (Å²) in [5.74, 6) is 0.503. The number of aryl methyl sites for hydroxylation is 1. The average molecular weight is 262 g/mol. The molecule has 1 aromatic rings. The number of para-hydroxylation sites is 1. The smallest absolute Gasteiger partial charge is 0.195 e. The van der Waals surface area contributed by atoms with Crippen molar-refractivity contribution in [1.82, 2.24) is 0 Å². The molecule has 3 heteroatoms. The summed E-state index contributed by atoms with van der Waals surface area (Å²) in [7, 11) is 0. The van der Waals surface area contributed by atoms with Gasteiger partial charge in [0.1, 0.15) is 11.9 Å². The highest BCUT2D eigenvalue weighted by molar-refractivity contribution is 6.02. The lowest BCUT2D eigenvalue weighted by Crippen LogP contribution is -2.30. The Morgan fingerprint density at radius 2 is 2.11 bits per heavy atom. The largest absolute Gasteiger partial charge is 0.493 e. The fourth-order valence-electron chi connectivity index (χ4n) is 2.69. The van der Waals surface area contributed by atoms with Gasteiger partial charge in [0.25, 0.3) is 0 Å². The second-order valence-corrected chi connectivity index (χ2v) is 5.13. The van der Waals surface area contributed by atoms with Gasteiger partial charge in [-0.3, -0.25) is 4.79 Å². The summed E-state index contributed by atoms with van der Waals surface area (Å²) < 4.78 is 5.64. The van der Waals surface area contributed by atoms with Gasteiger partial charge in [0, 0.05) is 0 Å². The molecule has 19 heavy (non-hydrogen) atoms. The minimum atomic E-state index is -0.924. The van der Waals surface area contributed by atoms with Crippen molar-refractivity contribution in [3.63, 3.8) is 0 Å². The van der Waals surface area contributed by atoms with Crippen LogP contribution in [0, 0.1) is 5.92 Å². The van der Waals surface area contributed by atoms with Crippen LogP contribution in [0.5, 0.6) is 5.75 Å². The van der Waals surface area contributed by atoms with E-state index in [2.05, 4.69) is 0 Å². The molecular weight excluding hydrogens is 240 g/mol. The van der Waals surface area contributed by atoms with Gasteiger partial charge < -0.3 is 9.84 Å². The van der Waals surface area contributed by atoms with E-state index in [0.717, 1.165) is 31.2 Å². The standard InChI is InChI=1S/C16H22O3/c1-3-11(4-2)14(17)15(18)13-9-5-7-12-8-6-10-19-16(12)13/h5,7,9,11,14,17H,3-4,6,8,10H2,1-2H3. The zero-order valence-electron chi connectivity index (χ0n) is 11.7. The molecular formula is C16H22O3. The number of aliphatic hydroxyl groups is 1. The number of aliphatic hydroxyl groups excluding tert-OH is 1. The summed E-state index contributed by atoms with van der Waals surface area (Å²) in [6.07, 6.45) is 2.61. The molecule has 1 N–H and O–H groups in total. The Kier molecular flexibility index (Phi) is 4.59. The minimum Gasteiger partial charge on any atom is -0.493 e. The maximum atomic E-state index is 12.4. The second-order valence-electron chi connectivity index (χ2n) is 5.13. The number of Topliss-reactive ketones (excluding diaryl/α,β-unsaturated/α-hetero) is 1. The first kappa shape index (κ1) is 14.1. The van der Waals surface area contributed by atoms with Gasteiger partial charge in [0.2, 0.25) is 0 Å². The quantitative estimate of drug-likeness (QED) is 0.830. The van der Waals surface area contributed by atoms with Gasteiger partial charge in [0.15, 0.2) is 5.78 Å². The number of carbonyl (C=O) groups excluding carboxylic acids is 1. The predicted octanol–water partition coefficient (Wildman–Crippen LogP) is 2.99. The lowest BCUT2D eigenvalue weighted by Gasteiger charge is -2.23. The van der Waals surface area contributed by atoms with Gasteiger partial charge in [-0.1, -0.05) is 38.8 Å². The summed E-state index contributed by atoms with van der Waals surface area (Å²) in [6, 6.07) is 5.63. The van der Waals surface area contributed by atoms with E-state index in [-0.39, 0.29) is 11.7 Å². The van der Waals surface area contributed by atoms with Crippen molar-refractivity contribution in [2.24, 2.45) is 5.92 Å². The van der Waals surface area contributed by atoms with E-state index in [9.17, 15) is 9.90 Å². The van der Waals surface area contributed by atoms with Crippen molar-refractivity contribution in [1.29, 1.82) is 0 Å². The highest BCUT2D eigenvalue weighted by atomic mass is 16.5. The maximum Gasteiger partial charge on any atom is 0.195 e. The highest BCUT2D eigenvalue weighted by Crippen LogP contribution is 2.31. The van der Waals surface area contributed by atoms with Crippen LogP contribution in [-0.4, -0.2) is 23.6 Å². The van der Waals surface area contributed by atoms with E-state index in [1.54, 1.807) is 6.07 Å². The Morgan fingerprint density at radius 3 is 2.79 bits per heavy atom. The van der Waals surface area contributed by atoms with Crippen LogP contribution in [0.1, 0.15) is 49.0 Å². The van der Waals surface area contributed by atoms with Crippen molar-refractivity contribution in [3.8, 4) is 5.75 Å². The Hall–Kier alpha value is -1.35. The second kappa shape index (κ2) is 6.20. The number of hydrogen-bond donors (Lipinski definition) is 1. The molecule has 0 saturated carbocycles. The Morgan fingerprint density at radius 1 is 1.37 bits per heavy atom. The van der Waals surface area contributed by atoms with E-state index in [1.165, 1.54) is 0 Å². The first-order valence-corrected chi connectivity index (χ1v) is 7.16. The van der Waals surface area contributed by atoms with Gasteiger partial charge in [-0.2, -0.15) is 0 Å². The third-order valence-corrected chi connectivity index (χ3v) is 3.96. The number of carbonyl (C=O) groups is 1. The normalized spacial score (nSPS) is 15.8. The van der Waals surface area contributed by atoms with Crippen LogP contribution in [-0.2, 0) is 6.42 Å². The molecule has 1 unspecified atom stereocenters. The van der Waals surface area contributed by atoms with Crippen LogP contribution in [0.15, 0.2) is 18.2 Å². The highest BCUT2D eigenvalue weighted by Gasteiger charge is 2.28. The number of ether oxygens (including phenoxy) is 1. The van der Waals surface area contributed by atoms with Crippen molar-refractivity contribution >= 4 is 5.78 Å². The van der Waals surface area contributed by atoms with E-state index in [4.69, 9.17) is 4.74 Å². The zero-order chi connectivity index (χ0) is 13.8. The Bertz CT molecular complexity index is 449. The summed E-state index contributed by atoms with van der Waals surface area (Å²) in [5, 5.41) is 10.2. The van der Waals surface area contributed by atoms with Crippen LogP contribution < -0.4 is 4.74 Å². The fraction of sp³-hybridized carbons (Fsp3) is 0.562. The van der Waals surface area contributed by atoms with Crippen LogP contribution in [0.25, 0.3) is 0 Å². The number of hydrogen-bond acceptors (Lipinski definition) is 3. The zero-order valence-corrected chi connectivity index (χ0v) is 11.7. The molecule has 3 nitrogen and oxygen atoms in total. The molecule has 0 radical (unpaired) electrons. The first-order valence-electron chi connectivity index (χ1n) is 7.16. The molecule has 0 amide bonds. The van der Waals surface area contributed by atoms with Crippen molar-refractivity contribution in [2.45, 2.75) is 45.6 Å². The van der Waals surface area contributed by atoms with Gasteiger partial charge in [0.05, 0.1) is 12.2 Å². The molecule has 1 aliphatic heterocycles. The molecule has 1 heterocycles. The van der Waals surface area contributed by atoms with Crippen LogP contribution in [0.2, 0.25) is 0 Å². The average Bonchev–Trinajstić information content (AvgIpc) is 2.47. The monoisotopic (exact) mass is 262 g/mol. The molecule has 1 aromatic carbocycles. The van der Waals surface area contributed by atoms with Crippen molar-refractivity contribution in [2.75, 3.05) is 6.61 Å². The van der Waals surface area contributed by atoms with Crippen molar-refractivity contribution < 1.29 is 14.6 Å². The third-order valence-electron chi connectivity index (χ3n) is 3.96. The van der Waals surface area contributed by atoms with Crippen molar-refractivity contribution in [3.05, 3.63) is 29.3 Å².